The van der Waals surface area contributed by atoms with E-state index < -0.39 is 0 Å². The van der Waals surface area contributed by atoms with Crippen LogP contribution >= 0.6 is 35.0 Å². The van der Waals surface area contributed by atoms with Crippen LogP contribution in [0.4, 0.5) is 0 Å². The number of unbranched alkanes of at least 4 members (excludes halogenated alkanes) is 1. The minimum absolute atomic E-state index is 0. The minimum Gasteiger partial charge on any atom is -0.330 e. The van der Waals surface area contributed by atoms with Crippen LogP contribution in [0.15, 0.2) is 24.3 Å². The van der Waals surface area contributed by atoms with Crippen LogP contribution in [0.5, 0.6) is 0 Å². The first-order chi connectivity index (χ1) is 6.74. The summed E-state index contributed by atoms with van der Waals surface area (Å²) in [6.45, 7) is 0.763. The van der Waals surface area contributed by atoms with Gasteiger partial charge in [-0.2, -0.15) is 0 Å². The molecule has 0 unspecified atom stereocenters. The van der Waals surface area contributed by atoms with E-state index in [1.807, 2.05) is 0 Å². The second-order valence-electron chi connectivity index (χ2n) is 3.45. The second kappa shape index (κ2) is 8.33. The van der Waals surface area contributed by atoms with Crippen LogP contribution in [0.2, 0.25) is 0 Å². The van der Waals surface area contributed by atoms with Gasteiger partial charge in [0.15, 0.2) is 0 Å². The molecule has 15 heavy (non-hydrogen) atoms. The van der Waals surface area contributed by atoms with Gasteiger partial charge in [-0.25, -0.2) is 0 Å². The lowest BCUT2D eigenvalue weighted by Gasteiger charge is -2.11. The Labute approximate surface area is 111 Å². The van der Waals surface area contributed by atoms with Crippen molar-refractivity contribution in [3.63, 3.8) is 0 Å². The third-order valence-electron chi connectivity index (χ3n) is 2.25. The third-order valence-corrected chi connectivity index (χ3v) is 2.92. The summed E-state index contributed by atoms with van der Waals surface area (Å²) in [5.74, 6) is 0. The number of rotatable bonds is 5. The van der Waals surface area contributed by atoms with E-state index in [2.05, 4.69) is 46.9 Å². The van der Waals surface area contributed by atoms with Crippen LogP contribution in [-0.2, 0) is 0 Å². The lowest BCUT2D eigenvalue weighted by Crippen LogP contribution is -2.11. The molecule has 0 fully saturated rings. The molecule has 86 valence electrons. The van der Waals surface area contributed by atoms with Crippen LogP contribution in [0, 0.1) is 3.57 Å². The van der Waals surface area contributed by atoms with E-state index in [0.29, 0.717) is 0 Å². The molecule has 0 aromatic heterocycles. The average molecular weight is 341 g/mol. The van der Waals surface area contributed by atoms with E-state index in [9.17, 15) is 0 Å². The fraction of sp³-hybridized carbons (Fsp3) is 0.455. The van der Waals surface area contributed by atoms with Gasteiger partial charge in [-0.3, -0.25) is 0 Å². The summed E-state index contributed by atoms with van der Waals surface area (Å²) in [6.07, 6.45) is 3.21. The van der Waals surface area contributed by atoms with Crippen LogP contribution in [0.1, 0.15) is 30.9 Å². The molecule has 0 aliphatic carbocycles. The Bertz CT molecular complexity index is 281. The molecule has 1 aromatic carbocycles. The molecule has 0 saturated heterocycles. The van der Waals surface area contributed by atoms with E-state index in [-0.39, 0.29) is 18.4 Å². The van der Waals surface area contributed by atoms with Crippen LogP contribution in [-0.4, -0.2) is 6.54 Å². The van der Waals surface area contributed by atoms with E-state index in [4.69, 9.17) is 11.5 Å². The van der Waals surface area contributed by atoms with Gasteiger partial charge in [0.05, 0.1) is 0 Å². The molecule has 1 atom stereocenters. The summed E-state index contributed by atoms with van der Waals surface area (Å²) >= 11 is 2.31. The summed E-state index contributed by atoms with van der Waals surface area (Å²) < 4.78 is 1.24. The van der Waals surface area contributed by atoms with Gasteiger partial charge >= 0.3 is 0 Å². The maximum atomic E-state index is 6.06. The zero-order valence-corrected chi connectivity index (χ0v) is 11.6. The fourth-order valence-electron chi connectivity index (χ4n) is 1.41. The summed E-state index contributed by atoms with van der Waals surface area (Å²) in [4.78, 5) is 0. The Morgan fingerprint density at radius 1 is 1.27 bits per heavy atom. The summed E-state index contributed by atoms with van der Waals surface area (Å²) in [6, 6.07) is 8.54. The van der Waals surface area contributed by atoms with Gasteiger partial charge in [-0.15, -0.1) is 12.4 Å². The van der Waals surface area contributed by atoms with Crippen molar-refractivity contribution in [3.05, 3.63) is 33.4 Å². The monoisotopic (exact) mass is 340 g/mol. The van der Waals surface area contributed by atoms with Gasteiger partial charge in [0.1, 0.15) is 0 Å². The molecule has 2 nitrogen and oxygen atoms in total. The number of halogens is 2. The normalized spacial score (nSPS) is 11.9. The minimum atomic E-state index is 0. The van der Waals surface area contributed by atoms with Gasteiger partial charge in [0.25, 0.3) is 0 Å². The Kier molecular flexibility index (Phi) is 8.42. The molecule has 1 aromatic rings. The van der Waals surface area contributed by atoms with Gasteiger partial charge in [-0.05, 0) is 59.7 Å². The largest absolute Gasteiger partial charge is 0.330 e. The molecule has 0 spiro atoms. The van der Waals surface area contributed by atoms with Crippen molar-refractivity contribution >= 4 is 35.0 Å². The first-order valence-electron chi connectivity index (χ1n) is 4.95. The molecular weight excluding hydrogens is 322 g/mol. The predicted octanol–water partition coefficient (Wildman–Crippen LogP) is 2.84. The highest BCUT2D eigenvalue weighted by Gasteiger charge is 2.05. The maximum Gasteiger partial charge on any atom is 0.0295 e. The molecule has 0 aliphatic rings. The average Bonchev–Trinajstić information content (AvgIpc) is 2.18. The SMILES string of the molecule is Cl.NCCCC[C@H](N)c1cccc(I)c1. The van der Waals surface area contributed by atoms with Gasteiger partial charge in [-0.1, -0.05) is 18.6 Å². The highest BCUT2D eigenvalue weighted by Crippen LogP contribution is 2.18. The molecule has 4 heteroatoms. The zero-order valence-electron chi connectivity index (χ0n) is 8.66. The van der Waals surface area contributed by atoms with Gasteiger partial charge in [0.2, 0.25) is 0 Å². The van der Waals surface area contributed by atoms with Crippen molar-refractivity contribution in [1.82, 2.24) is 0 Å². The van der Waals surface area contributed by atoms with Gasteiger partial charge in [0, 0.05) is 9.61 Å². The lowest BCUT2D eigenvalue weighted by molar-refractivity contribution is 0.591. The van der Waals surface area contributed by atoms with Crippen molar-refractivity contribution in [2.45, 2.75) is 25.3 Å². The highest BCUT2D eigenvalue weighted by molar-refractivity contribution is 14.1. The van der Waals surface area contributed by atoms with Crippen LogP contribution < -0.4 is 11.5 Å². The standard InChI is InChI=1S/C11H17IN2.ClH/c12-10-5-3-4-9(8-10)11(14)6-1-2-7-13;/h3-5,8,11H,1-2,6-7,13-14H2;1H/t11-;/m0./s1. The molecule has 0 amide bonds. The Morgan fingerprint density at radius 3 is 2.60 bits per heavy atom. The van der Waals surface area contributed by atoms with Crippen molar-refractivity contribution in [2.75, 3.05) is 6.54 Å². The zero-order chi connectivity index (χ0) is 10.4. The van der Waals surface area contributed by atoms with Crippen LogP contribution in [0.25, 0.3) is 0 Å². The van der Waals surface area contributed by atoms with E-state index in [0.717, 1.165) is 25.8 Å². The van der Waals surface area contributed by atoms with E-state index in [1.54, 1.807) is 0 Å². The van der Waals surface area contributed by atoms with Crippen LogP contribution in [0.3, 0.4) is 0 Å². The topological polar surface area (TPSA) is 52.0 Å². The first-order valence-corrected chi connectivity index (χ1v) is 6.03. The van der Waals surface area contributed by atoms with Crippen molar-refractivity contribution in [3.8, 4) is 0 Å². The van der Waals surface area contributed by atoms with Crippen molar-refractivity contribution in [1.29, 1.82) is 0 Å². The summed E-state index contributed by atoms with van der Waals surface area (Å²) in [5.41, 5.74) is 12.7. The highest BCUT2D eigenvalue weighted by atomic mass is 127. The second-order valence-corrected chi connectivity index (χ2v) is 4.69. The first kappa shape index (κ1) is 15.2. The maximum absolute atomic E-state index is 6.06. The molecule has 1 rings (SSSR count). The molecule has 0 radical (unpaired) electrons. The number of benzene rings is 1. The molecule has 4 N–H and O–H groups in total. The third kappa shape index (κ3) is 5.70. The fourth-order valence-corrected chi connectivity index (χ4v) is 1.98. The van der Waals surface area contributed by atoms with E-state index in [1.165, 1.54) is 9.13 Å². The Morgan fingerprint density at radius 2 is 2.00 bits per heavy atom. The quantitative estimate of drug-likeness (QED) is 0.640. The van der Waals surface area contributed by atoms with Crippen molar-refractivity contribution in [2.24, 2.45) is 11.5 Å². The molecule has 0 aliphatic heterocycles. The van der Waals surface area contributed by atoms with Gasteiger partial charge < -0.3 is 11.5 Å². The number of hydrogen-bond donors (Lipinski definition) is 2. The Hall–Kier alpha value is 0.160. The molecular formula is C11H18ClIN2. The molecule has 0 saturated carbocycles. The number of hydrogen-bond acceptors (Lipinski definition) is 2. The predicted molar refractivity (Wildman–Crippen MR) is 76.2 cm³/mol. The Balaban J connectivity index is 0.00000196. The van der Waals surface area contributed by atoms with E-state index >= 15 is 0 Å². The molecule has 0 bridgehead atoms. The lowest BCUT2D eigenvalue weighted by atomic mass is 10.0. The molecule has 0 heterocycles. The smallest absolute Gasteiger partial charge is 0.0295 e. The van der Waals surface area contributed by atoms with Crippen molar-refractivity contribution < 1.29 is 0 Å². The summed E-state index contributed by atoms with van der Waals surface area (Å²) in [5, 5.41) is 0. The summed E-state index contributed by atoms with van der Waals surface area (Å²) in [7, 11) is 0. The number of nitrogens with two attached hydrogens (primary N) is 2.